The molecule has 0 saturated carbocycles. The molecule has 0 amide bonds. The van der Waals surface area contributed by atoms with Crippen LogP contribution in [0.2, 0.25) is 0 Å². The number of aliphatic hydroxyl groups excluding tert-OH is 1. The third-order valence-corrected chi connectivity index (χ3v) is 1.99. The molecule has 16 heavy (non-hydrogen) atoms. The summed E-state index contributed by atoms with van der Waals surface area (Å²) in [5.41, 5.74) is 0. The number of nitrogens with one attached hydrogen (secondary N) is 1. The molecular formula is C11H23NO4. The number of carboxylic acids is 1. The number of unbranched alkanes of at least 4 members (excludes halogenated alkanes) is 1. The van der Waals surface area contributed by atoms with Crippen LogP contribution in [0.1, 0.15) is 33.1 Å². The van der Waals surface area contributed by atoms with Gasteiger partial charge in [-0.05, 0) is 33.2 Å². The molecule has 0 rings (SSSR count). The van der Waals surface area contributed by atoms with Gasteiger partial charge in [0.25, 0.3) is 0 Å². The van der Waals surface area contributed by atoms with Gasteiger partial charge < -0.3 is 20.3 Å². The monoisotopic (exact) mass is 233 g/mol. The first-order valence-corrected chi connectivity index (χ1v) is 5.74. The lowest BCUT2D eigenvalue weighted by Crippen LogP contribution is -2.29. The highest BCUT2D eigenvalue weighted by atomic mass is 16.5. The summed E-state index contributed by atoms with van der Waals surface area (Å²) in [6.07, 6.45) is 1.20. The van der Waals surface area contributed by atoms with Crippen LogP contribution in [0.15, 0.2) is 0 Å². The molecule has 0 aliphatic carbocycles. The van der Waals surface area contributed by atoms with Crippen LogP contribution in [0, 0.1) is 0 Å². The summed E-state index contributed by atoms with van der Waals surface area (Å²) < 4.78 is 5.37. The molecule has 96 valence electrons. The molecule has 5 heteroatoms. The van der Waals surface area contributed by atoms with Crippen LogP contribution in [0.25, 0.3) is 0 Å². The quantitative estimate of drug-likeness (QED) is 0.482. The summed E-state index contributed by atoms with van der Waals surface area (Å²) in [7, 11) is 0. The Morgan fingerprint density at radius 3 is 2.62 bits per heavy atom. The molecule has 0 saturated heterocycles. The molecule has 1 atom stereocenters. The highest BCUT2D eigenvalue weighted by molar-refractivity contribution is 5.67. The van der Waals surface area contributed by atoms with Crippen LogP contribution in [0.5, 0.6) is 0 Å². The number of carbonyl (C=O) groups is 1. The number of ether oxygens (including phenoxy) is 1. The minimum atomic E-state index is -0.973. The van der Waals surface area contributed by atoms with Crippen molar-refractivity contribution in [3.05, 3.63) is 0 Å². The molecule has 0 aromatic rings. The van der Waals surface area contributed by atoms with Crippen LogP contribution >= 0.6 is 0 Å². The molecular weight excluding hydrogens is 210 g/mol. The second-order valence-electron chi connectivity index (χ2n) is 4.08. The summed E-state index contributed by atoms with van der Waals surface area (Å²) in [6, 6.07) is 0. The molecule has 0 aromatic heterocycles. The van der Waals surface area contributed by atoms with Gasteiger partial charge in [-0.15, -0.1) is 0 Å². The number of carboxylic acid groups (broad SMARTS) is 1. The van der Waals surface area contributed by atoms with Gasteiger partial charge in [0.15, 0.2) is 0 Å². The zero-order valence-electron chi connectivity index (χ0n) is 10.1. The van der Waals surface area contributed by atoms with E-state index in [0.717, 1.165) is 26.0 Å². The maximum atomic E-state index is 10.2. The molecule has 3 N–H and O–H groups in total. The zero-order chi connectivity index (χ0) is 12.4. The van der Waals surface area contributed by atoms with Crippen molar-refractivity contribution in [1.29, 1.82) is 0 Å². The van der Waals surface area contributed by atoms with E-state index >= 15 is 0 Å². The summed E-state index contributed by atoms with van der Waals surface area (Å²) in [4.78, 5) is 10.2. The molecule has 1 unspecified atom stereocenters. The highest BCUT2D eigenvalue weighted by Gasteiger charge is 2.07. The maximum Gasteiger partial charge on any atom is 0.306 e. The Morgan fingerprint density at radius 2 is 2.06 bits per heavy atom. The van der Waals surface area contributed by atoms with Crippen molar-refractivity contribution in [3.8, 4) is 0 Å². The predicted octanol–water partition coefficient (Wildman–Crippen LogP) is 0.617. The number of aliphatic carboxylic acids is 1. The largest absolute Gasteiger partial charge is 0.481 e. The van der Waals surface area contributed by atoms with E-state index in [9.17, 15) is 9.90 Å². The Bertz CT molecular complexity index is 185. The van der Waals surface area contributed by atoms with Gasteiger partial charge in [-0.1, -0.05) is 0 Å². The summed E-state index contributed by atoms with van der Waals surface area (Å²) in [6.45, 7) is 5.85. The van der Waals surface area contributed by atoms with Crippen molar-refractivity contribution in [2.45, 2.75) is 45.3 Å². The third-order valence-electron chi connectivity index (χ3n) is 1.99. The van der Waals surface area contributed by atoms with Crippen LogP contribution in [0.3, 0.4) is 0 Å². The van der Waals surface area contributed by atoms with E-state index in [2.05, 4.69) is 5.32 Å². The van der Waals surface area contributed by atoms with Gasteiger partial charge in [-0.2, -0.15) is 0 Å². The minimum absolute atomic E-state index is 0.205. The van der Waals surface area contributed by atoms with Gasteiger partial charge in [-0.25, -0.2) is 0 Å². The Morgan fingerprint density at radius 1 is 1.38 bits per heavy atom. The van der Waals surface area contributed by atoms with Crippen molar-refractivity contribution in [2.24, 2.45) is 0 Å². The normalized spacial score (nSPS) is 13.0. The van der Waals surface area contributed by atoms with Gasteiger partial charge in [0.1, 0.15) is 0 Å². The van der Waals surface area contributed by atoms with Gasteiger partial charge in [0, 0.05) is 13.2 Å². The SMILES string of the molecule is CC(C)OCCCCNCC(O)CC(=O)O. The lowest BCUT2D eigenvalue weighted by atomic mass is 10.2. The molecule has 0 aliphatic rings. The number of rotatable bonds is 10. The van der Waals surface area contributed by atoms with Crippen molar-refractivity contribution in [2.75, 3.05) is 19.7 Å². The van der Waals surface area contributed by atoms with E-state index in [1.807, 2.05) is 13.8 Å². The number of hydrogen-bond acceptors (Lipinski definition) is 4. The Balaban J connectivity index is 3.17. The van der Waals surface area contributed by atoms with E-state index in [1.165, 1.54) is 0 Å². The summed E-state index contributed by atoms with van der Waals surface area (Å²) in [5.74, 6) is -0.973. The lowest BCUT2D eigenvalue weighted by molar-refractivity contribution is -0.139. The molecule has 5 nitrogen and oxygen atoms in total. The zero-order valence-corrected chi connectivity index (χ0v) is 10.1. The fraction of sp³-hybridized carbons (Fsp3) is 0.909. The van der Waals surface area contributed by atoms with E-state index in [-0.39, 0.29) is 12.5 Å². The Labute approximate surface area is 96.8 Å². The fourth-order valence-corrected chi connectivity index (χ4v) is 1.21. The van der Waals surface area contributed by atoms with Crippen LogP contribution < -0.4 is 5.32 Å². The van der Waals surface area contributed by atoms with Crippen molar-refractivity contribution in [1.82, 2.24) is 5.32 Å². The predicted molar refractivity (Wildman–Crippen MR) is 61.5 cm³/mol. The first kappa shape index (κ1) is 15.3. The van der Waals surface area contributed by atoms with E-state index < -0.39 is 12.1 Å². The topological polar surface area (TPSA) is 78.8 Å². The molecule has 0 heterocycles. The van der Waals surface area contributed by atoms with Gasteiger partial charge in [0.05, 0.1) is 18.6 Å². The maximum absolute atomic E-state index is 10.2. The molecule has 0 aliphatic heterocycles. The van der Waals surface area contributed by atoms with Crippen LogP contribution in [-0.4, -0.2) is 48.1 Å². The number of hydrogen-bond donors (Lipinski definition) is 3. The summed E-state index contributed by atoms with van der Waals surface area (Å²) >= 11 is 0. The minimum Gasteiger partial charge on any atom is -0.481 e. The second kappa shape index (κ2) is 9.57. The van der Waals surface area contributed by atoms with Crippen molar-refractivity contribution >= 4 is 5.97 Å². The van der Waals surface area contributed by atoms with Crippen molar-refractivity contribution in [3.63, 3.8) is 0 Å². The van der Waals surface area contributed by atoms with Gasteiger partial charge >= 0.3 is 5.97 Å². The van der Waals surface area contributed by atoms with E-state index in [1.54, 1.807) is 0 Å². The average Bonchev–Trinajstić information content (AvgIpc) is 2.14. The van der Waals surface area contributed by atoms with Crippen molar-refractivity contribution < 1.29 is 19.7 Å². The molecule has 0 aromatic carbocycles. The summed E-state index contributed by atoms with van der Waals surface area (Å²) in [5, 5.41) is 20.6. The molecule has 0 bridgehead atoms. The fourth-order valence-electron chi connectivity index (χ4n) is 1.21. The first-order valence-electron chi connectivity index (χ1n) is 5.74. The molecule has 0 radical (unpaired) electrons. The van der Waals surface area contributed by atoms with Gasteiger partial charge in [-0.3, -0.25) is 4.79 Å². The Hall–Kier alpha value is -0.650. The average molecular weight is 233 g/mol. The van der Waals surface area contributed by atoms with Crippen LogP contribution in [0.4, 0.5) is 0 Å². The second-order valence-corrected chi connectivity index (χ2v) is 4.08. The molecule has 0 fully saturated rings. The smallest absolute Gasteiger partial charge is 0.306 e. The van der Waals surface area contributed by atoms with Gasteiger partial charge in [0.2, 0.25) is 0 Å². The van der Waals surface area contributed by atoms with E-state index in [0.29, 0.717) is 6.54 Å². The lowest BCUT2D eigenvalue weighted by Gasteiger charge is -2.10. The first-order chi connectivity index (χ1) is 7.52. The number of aliphatic hydroxyl groups is 1. The van der Waals surface area contributed by atoms with Crippen LogP contribution in [-0.2, 0) is 9.53 Å². The third kappa shape index (κ3) is 11.4. The Kier molecular flexibility index (Phi) is 9.18. The standard InChI is InChI=1S/C11H23NO4/c1-9(2)16-6-4-3-5-12-8-10(13)7-11(14)15/h9-10,12-13H,3-8H2,1-2H3,(H,14,15). The molecule has 0 spiro atoms. The van der Waals surface area contributed by atoms with E-state index in [4.69, 9.17) is 9.84 Å². The highest BCUT2D eigenvalue weighted by Crippen LogP contribution is 1.94.